The maximum absolute atomic E-state index is 5.59. The van der Waals surface area contributed by atoms with Gasteiger partial charge in [-0.1, -0.05) is 44.2 Å². The van der Waals surface area contributed by atoms with E-state index < -0.39 is 0 Å². The molecule has 19 heavy (non-hydrogen) atoms. The van der Waals surface area contributed by atoms with Crippen LogP contribution in [0, 0.1) is 5.92 Å². The predicted octanol–water partition coefficient (Wildman–Crippen LogP) is 5.29. The van der Waals surface area contributed by atoms with E-state index in [1.807, 2.05) is 12.1 Å². The fourth-order valence-electron chi connectivity index (χ4n) is 2.09. The minimum atomic E-state index is 0.323. The smallest absolute Gasteiger partial charge is 0.183 e. The average molecular weight is 387 g/mol. The molecule has 0 amide bonds. The molecule has 4 heteroatoms. The van der Waals surface area contributed by atoms with E-state index in [0.29, 0.717) is 18.5 Å². The topological polar surface area (TPSA) is 25.2 Å². The van der Waals surface area contributed by atoms with E-state index in [9.17, 15) is 0 Å². The summed E-state index contributed by atoms with van der Waals surface area (Å²) in [6.07, 6.45) is 0. The highest BCUT2D eigenvalue weighted by Gasteiger charge is 2.16. The van der Waals surface area contributed by atoms with Crippen molar-refractivity contribution in [3.8, 4) is 0 Å². The molecule has 0 spiro atoms. The molecule has 0 saturated carbocycles. The standard InChI is InChI=1S/C15H17Br2NO/c1-10(2)14(11-6-4-3-5-7-11)18-9-12-8-13(16)15(17)19-12/h3-8,10,14,18H,9H2,1-2H3. The summed E-state index contributed by atoms with van der Waals surface area (Å²) in [6, 6.07) is 12.8. The number of halogens is 2. The van der Waals surface area contributed by atoms with Gasteiger partial charge in [0, 0.05) is 6.04 Å². The highest BCUT2D eigenvalue weighted by molar-refractivity contribution is 9.13. The van der Waals surface area contributed by atoms with E-state index in [-0.39, 0.29) is 0 Å². The summed E-state index contributed by atoms with van der Waals surface area (Å²) >= 11 is 6.78. The lowest BCUT2D eigenvalue weighted by Crippen LogP contribution is -2.25. The van der Waals surface area contributed by atoms with E-state index in [4.69, 9.17) is 4.42 Å². The van der Waals surface area contributed by atoms with Gasteiger partial charge in [0.2, 0.25) is 0 Å². The predicted molar refractivity (Wildman–Crippen MR) is 85.0 cm³/mol. The molecule has 0 aliphatic heterocycles. The zero-order valence-corrected chi connectivity index (χ0v) is 14.2. The van der Waals surface area contributed by atoms with Crippen molar-refractivity contribution < 1.29 is 4.42 Å². The third-order valence-electron chi connectivity index (χ3n) is 3.02. The van der Waals surface area contributed by atoms with Crippen molar-refractivity contribution >= 4 is 31.9 Å². The van der Waals surface area contributed by atoms with Crippen LogP contribution in [0.4, 0.5) is 0 Å². The first-order valence-electron chi connectivity index (χ1n) is 6.30. The molecule has 0 radical (unpaired) electrons. The molecule has 2 rings (SSSR count). The van der Waals surface area contributed by atoms with Crippen molar-refractivity contribution in [1.29, 1.82) is 0 Å². The van der Waals surface area contributed by atoms with Crippen LogP contribution in [0.3, 0.4) is 0 Å². The number of benzene rings is 1. The second-order valence-corrected chi connectivity index (χ2v) is 6.42. The molecule has 1 unspecified atom stereocenters. The molecule has 2 nitrogen and oxygen atoms in total. The van der Waals surface area contributed by atoms with Crippen LogP contribution in [0.25, 0.3) is 0 Å². The van der Waals surface area contributed by atoms with Crippen LogP contribution in [-0.2, 0) is 6.54 Å². The molecular formula is C15H17Br2NO. The van der Waals surface area contributed by atoms with Crippen LogP contribution >= 0.6 is 31.9 Å². The summed E-state index contributed by atoms with van der Waals surface area (Å²) in [7, 11) is 0. The summed E-state index contributed by atoms with van der Waals surface area (Å²) in [6.45, 7) is 5.15. The minimum Gasteiger partial charge on any atom is -0.452 e. The van der Waals surface area contributed by atoms with Gasteiger partial charge in [-0.05, 0) is 49.4 Å². The Bertz CT molecular complexity index is 503. The Morgan fingerprint density at radius 1 is 1.16 bits per heavy atom. The Morgan fingerprint density at radius 2 is 1.84 bits per heavy atom. The number of nitrogens with one attached hydrogen (secondary N) is 1. The molecule has 0 saturated heterocycles. The maximum atomic E-state index is 5.59. The van der Waals surface area contributed by atoms with Gasteiger partial charge in [-0.2, -0.15) is 0 Å². The molecule has 1 heterocycles. The van der Waals surface area contributed by atoms with Crippen LogP contribution in [0.2, 0.25) is 0 Å². The summed E-state index contributed by atoms with van der Waals surface area (Å²) in [5.74, 6) is 1.43. The zero-order valence-electron chi connectivity index (χ0n) is 11.0. The van der Waals surface area contributed by atoms with E-state index in [2.05, 4.69) is 75.3 Å². The first-order chi connectivity index (χ1) is 9.08. The molecule has 102 valence electrons. The number of rotatable bonds is 5. The van der Waals surface area contributed by atoms with Crippen molar-refractivity contribution in [2.45, 2.75) is 26.4 Å². The molecule has 0 aliphatic carbocycles. The van der Waals surface area contributed by atoms with Crippen LogP contribution in [0.5, 0.6) is 0 Å². The lowest BCUT2D eigenvalue weighted by molar-refractivity contribution is 0.380. The monoisotopic (exact) mass is 385 g/mol. The first-order valence-corrected chi connectivity index (χ1v) is 7.88. The molecule has 2 aromatic rings. The fraction of sp³-hybridized carbons (Fsp3) is 0.333. The average Bonchev–Trinajstić information content (AvgIpc) is 2.70. The van der Waals surface area contributed by atoms with Gasteiger partial charge in [0.05, 0.1) is 11.0 Å². The minimum absolute atomic E-state index is 0.323. The normalized spacial score (nSPS) is 12.9. The highest BCUT2D eigenvalue weighted by Crippen LogP contribution is 2.28. The molecule has 0 fully saturated rings. The van der Waals surface area contributed by atoms with Crippen molar-refractivity contribution in [1.82, 2.24) is 5.32 Å². The van der Waals surface area contributed by atoms with Gasteiger partial charge in [-0.15, -0.1) is 0 Å². The third-order valence-corrected chi connectivity index (χ3v) is 4.73. The van der Waals surface area contributed by atoms with Crippen LogP contribution in [0.15, 0.2) is 50.0 Å². The van der Waals surface area contributed by atoms with Crippen LogP contribution < -0.4 is 5.32 Å². The summed E-state index contributed by atoms with van der Waals surface area (Å²) in [5.41, 5.74) is 1.31. The summed E-state index contributed by atoms with van der Waals surface area (Å²) in [5, 5.41) is 3.56. The Labute approximate surface area is 130 Å². The van der Waals surface area contributed by atoms with Crippen LogP contribution in [0.1, 0.15) is 31.2 Å². The lowest BCUT2D eigenvalue weighted by atomic mass is 9.96. The second-order valence-electron chi connectivity index (χ2n) is 4.85. The van der Waals surface area contributed by atoms with Gasteiger partial charge >= 0.3 is 0 Å². The summed E-state index contributed by atoms with van der Waals surface area (Å²) < 4.78 is 7.28. The zero-order chi connectivity index (χ0) is 13.8. The Kier molecular flexibility index (Phi) is 5.25. The maximum Gasteiger partial charge on any atom is 0.183 e. The molecule has 1 aromatic heterocycles. The van der Waals surface area contributed by atoms with E-state index in [1.54, 1.807) is 0 Å². The number of hydrogen-bond acceptors (Lipinski definition) is 2. The third kappa shape index (κ3) is 3.94. The first kappa shape index (κ1) is 14.8. The molecule has 0 bridgehead atoms. The Hall–Kier alpha value is -0.580. The summed E-state index contributed by atoms with van der Waals surface area (Å²) in [4.78, 5) is 0. The number of furan rings is 1. The Morgan fingerprint density at radius 3 is 2.37 bits per heavy atom. The van der Waals surface area contributed by atoms with Gasteiger partial charge in [0.15, 0.2) is 4.67 Å². The van der Waals surface area contributed by atoms with Crippen molar-refractivity contribution in [2.24, 2.45) is 5.92 Å². The Balaban J connectivity index is 2.06. The fourth-order valence-corrected chi connectivity index (χ4v) is 2.75. The van der Waals surface area contributed by atoms with Gasteiger partial charge in [0.25, 0.3) is 0 Å². The molecular weight excluding hydrogens is 370 g/mol. The van der Waals surface area contributed by atoms with E-state index in [1.165, 1.54) is 5.56 Å². The van der Waals surface area contributed by atoms with Crippen molar-refractivity contribution in [3.63, 3.8) is 0 Å². The van der Waals surface area contributed by atoms with Crippen molar-refractivity contribution in [2.75, 3.05) is 0 Å². The van der Waals surface area contributed by atoms with Gasteiger partial charge < -0.3 is 9.73 Å². The molecule has 1 N–H and O–H groups in total. The van der Waals surface area contributed by atoms with E-state index in [0.717, 1.165) is 14.9 Å². The quantitative estimate of drug-likeness (QED) is 0.754. The SMILES string of the molecule is CC(C)C(NCc1cc(Br)c(Br)o1)c1ccccc1. The lowest BCUT2D eigenvalue weighted by Gasteiger charge is -2.22. The molecule has 1 aromatic carbocycles. The highest BCUT2D eigenvalue weighted by atomic mass is 79.9. The second kappa shape index (κ2) is 6.73. The largest absolute Gasteiger partial charge is 0.452 e. The van der Waals surface area contributed by atoms with Crippen LogP contribution in [-0.4, -0.2) is 0 Å². The van der Waals surface area contributed by atoms with Gasteiger partial charge in [-0.3, -0.25) is 0 Å². The van der Waals surface area contributed by atoms with E-state index >= 15 is 0 Å². The molecule has 0 aliphatic rings. The molecule has 1 atom stereocenters. The van der Waals surface area contributed by atoms with Crippen molar-refractivity contribution in [3.05, 3.63) is 56.9 Å². The van der Waals surface area contributed by atoms with Gasteiger partial charge in [-0.25, -0.2) is 0 Å². The van der Waals surface area contributed by atoms with Gasteiger partial charge in [0.1, 0.15) is 5.76 Å². The number of hydrogen-bond donors (Lipinski definition) is 1.